The third-order valence-corrected chi connectivity index (χ3v) is 6.02. The minimum atomic E-state index is -0.369. The van der Waals surface area contributed by atoms with Crippen molar-refractivity contribution in [2.45, 2.75) is 18.1 Å². The summed E-state index contributed by atoms with van der Waals surface area (Å²) in [7, 11) is 1.81. The van der Waals surface area contributed by atoms with E-state index in [1.165, 1.54) is 11.8 Å². The summed E-state index contributed by atoms with van der Waals surface area (Å²) in [5.41, 5.74) is 1.83. The highest BCUT2D eigenvalue weighted by atomic mass is 32.2. The molecule has 0 radical (unpaired) electrons. The Morgan fingerprint density at radius 2 is 2.00 bits per heavy atom. The summed E-state index contributed by atoms with van der Waals surface area (Å²) in [6.07, 6.45) is 0. The van der Waals surface area contributed by atoms with Crippen LogP contribution in [-0.4, -0.2) is 38.9 Å². The van der Waals surface area contributed by atoms with E-state index >= 15 is 0 Å². The number of nitrogens with one attached hydrogen (secondary N) is 1. The lowest BCUT2D eigenvalue weighted by Crippen LogP contribution is -2.41. The number of hydrogen-bond acceptors (Lipinski definition) is 7. The Kier molecular flexibility index (Phi) is 6.09. The van der Waals surface area contributed by atoms with Gasteiger partial charge in [0, 0.05) is 12.7 Å². The molecule has 9 nitrogen and oxygen atoms in total. The molecule has 1 aliphatic heterocycles. The van der Waals surface area contributed by atoms with Gasteiger partial charge in [0.2, 0.25) is 5.91 Å². The minimum Gasteiger partial charge on any atom is -0.482 e. The second-order valence-corrected chi connectivity index (χ2v) is 8.06. The molecule has 0 bridgehead atoms. The van der Waals surface area contributed by atoms with Gasteiger partial charge in [-0.1, -0.05) is 23.9 Å². The van der Waals surface area contributed by atoms with Crippen molar-refractivity contribution >= 4 is 35.0 Å². The van der Waals surface area contributed by atoms with E-state index in [2.05, 4.69) is 15.5 Å². The van der Waals surface area contributed by atoms with E-state index in [1.807, 2.05) is 44.3 Å². The van der Waals surface area contributed by atoms with Gasteiger partial charge in [-0.2, -0.15) is 5.26 Å². The molecule has 4 rings (SSSR count). The molecule has 0 fully saturated rings. The van der Waals surface area contributed by atoms with Crippen molar-refractivity contribution in [3.63, 3.8) is 0 Å². The predicted molar refractivity (Wildman–Crippen MR) is 119 cm³/mol. The van der Waals surface area contributed by atoms with Crippen molar-refractivity contribution in [1.29, 1.82) is 5.26 Å². The number of nitrogens with zero attached hydrogens (tertiary/aromatic N) is 5. The van der Waals surface area contributed by atoms with Crippen LogP contribution in [-0.2, 0) is 16.6 Å². The number of anilines is 2. The first-order valence-corrected chi connectivity index (χ1v) is 10.8. The molecule has 1 aliphatic rings. The van der Waals surface area contributed by atoms with Crippen LogP contribution >= 0.6 is 11.8 Å². The highest BCUT2D eigenvalue weighted by Crippen LogP contribution is 2.37. The highest BCUT2D eigenvalue weighted by Gasteiger charge is 2.32. The third-order valence-electron chi connectivity index (χ3n) is 5.00. The Labute approximate surface area is 189 Å². The van der Waals surface area contributed by atoms with Gasteiger partial charge >= 0.3 is 0 Å². The van der Waals surface area contributed by atoms with Gasteiger partial charge in [0.15, 0.2) is 17.6 Å². The maximum absolute atomic E-state index is 12.6. The maximum atomic E-state index is 12.6. The molecule has 2 aromatic carbocycles. The third kappa shape index (κ3) is 4.29. The van der Waals surface area contributed by atoms with Crippen LogP contribution < -0.4 is 15.0 Å². The fourth-order valence-electron chi connectivity index (χ4n) is 3.43. The Bertz CT molecular complexity index is 1200. The maximum Gasteiger partial charge on any atom is 0.265 e. The fraction of sp³-hybridized carbons (Fsp3) is 0.227. The topological polar surface area (TPSA) is 113 Å². The van der Waals surface area contributed by atoms with Crippen LogP contribution in [0.3, 0.4) is 0 Å². The normalized spacial score (nSPS) is 13.7. The van der Waals surface area contributed by atoms with E-state index in [0.29, 0.717) is 33.7 Å². The Morgan fingerprint density at radius 3 is 2.75 bits per heavy atom. The monoisotopic (exact) mass is 448 g/mol. The Balaban J connectivity index is 1.43. The molecule has 2 amide bonds. The number of fused-ring (bicyclic) bond motifs is 1. The number of ether oxygens (including phenoxy) is 1. The summed E-state index contributed by atoms with van der Waals surface area (Å²) >= 11 is 1.25. The Morgan fingerprint density at radius 1 is 1.25 bits per heavy atom. The molecule has 2 heterocycles. The van der Waals surface area contributed by atoms with E-state index in [4.69, 9.17) is 10.00 Å². The number of amides is 2. The summed E-state index contributed by atoms with van der Waals surface area (Å²) in [6.45, 7) is 1.85. The summed E-state index contributed by atoms with van der Waals surface area (Å²) in [6, 6.07) is 15.7. The summed E-state index contributed by atoms with van der Waals surface area (Å²) in [4.78, 5) is 26.5. The van der Waals surface area contributed by atoms with Gasteiger partial charge in [-0.15, -0.1) is 10.2 Å². The molecule has 162 valence electrons. The van der Waals surface area contributed by atoms with Crippen molar-refractivity contribution in [2.24, 2.45) is 7.05 Å². The molecule has 0 saturated carbocycles. The summed E-state index contributed by atoms with van der Waals surface area (Å²) < 4.78 is 7.30. The number of carbonyl (C=O) groups is 2. The number of nitriles is 1. The summed E-state index contributed by atoms with van der Waals surface area (Å²) in [5, 5.41) is 20.7. The zero-order valence-electron chi connectivity index (χ0n) is 17.5. The van der Waals surface area contributed by atoms with E-state index < -0.39 is 0 Å². The molecule has 0 aliphatic carbocycles. The predicted octanol–water partition coefficient (Wildman–Crippen LogP) is 2.90. The van der Waals surface area contributed by atoms with E-state index in [0.717, 1.165) is 0 Å². The van der Waals surface area contributed by atoms with Crippen LogP contribution in [0.2, 0.25) is 0 Å². The lowest BCUT2D eigenvalue weighted by Gasteiger charge is -2.33. The lowest BCUT2D eigenvalue weighted by atomic mass is 10.1. The van der Waals surface area contributed by atoms with Crippen molar-refractivity contribution in [1.82, 2.24) is 14.8 Å². The van der Waals surface area contributed by atoms with Crippen molar-refractivity contribution in [3.8, 4) is 11.8 Å². The van der Waals surface area contributed by atoms with Crippen LogP contribution in [0.5, 0.6) is 5.75 Å². The zero-order valence-corrected chi connectivity index (χ0v) is 18.3. The van der Waals surface area contributed by atoms with Gasteiger partial charge in [0.1, 0.15) is 5.75 Å². The number of aromatic nitrogens is 3. The summed E-state index contributed by atoms with van der Waals surface area (Å²) in [5.74, 6) is 1.03. The first-order valence-electron chi connectivity index (χ1n) is 9.84. The smallest absolute Gasteiger partial charge is 0.265 e. The number of benzene rings is 2. The molecular formula is C22H20N6O3S. The molecule has 1 atom stereocenters. The van der Waals surface area contributed by atoms with Gasteiger partial charge in [-0.25, -0.2) is 0 Å². The van der Waals surface area contributed by atoms with Crippen LogP contribution in [0.15, 0.2) is 53.7 Å². The van der Waals surface area contributed by atoms with Crippen LogP contribution in [0.4, 0.5) is 11.4 Å². The quantitative estimate of drug-likeness (QED) is 0.577. The molecule has 0 saturated heterocycles. The molecule has 1 N–H and O–H groups in total. The molecule has 32 heavy (non-hydrogen) atoms. The zero-order chi connectivity index (χ0) is 22.7. The fourth-order valence-corrected chi connectivity index (χ4v) is 4.15. The standard InChI is InChI=1S/C22H20N6O3S/c1-14(28-17-5-3-4-6-18(17)31-12-20(28)30)21-25-26-22(27(21)2)32-13-19(29)24-16-9-7-15(11-23)8-10-16/h3-10,14H,12-13H2,1-2H3,(H,24,29). The first kappa shape index (κ1) is 21.4. The number of para-hydroxylation sites is 2. The number of hydrogen-bond donors (Lipinski definition) is 1. The van der Waals surface area contributed by atoms with Gasteiger partial charge in [-0.05, 0) is 43.3 Å². The van der Waals surface area contributed by atoms with Crippen molar-refractivity contribution < 1.29 is 14.3 Å². The van der Waals surface area contributed by atoms with Crippen molar-refractivity contribution in [2.75, 3.05) is 22.6 Å². The average molecular weight is 449 g/mol. The van der Waals surface area contributed by atoms with Crippen LogP contribution in [0, 0.1) is 11.3 Å². The number of carbonyl (C=O) groups excluding carboxylic acids is 2. The SMILES string of the molecule is CC(c1nnc(SCC(=O)Nc2ccc(C#N)cc2)n1C)N1C(=O)COc2ccccc21. The van der Waals surface area contributed by atoms with Crippen LogP contribution in [0.1, 0.15) is 24.4 Å². The molecule has 10 heteroatoms. The molecule has 1 aromatic heterocycles. The van der Waals surface area contributed by atoms with Gasteiger partial charge in [0.05, 0.1) is 29.1 Å². The Hall–Kier alpha value is -3.84. The molecular weight excluding hydrogens is 428 g/mol. The molecule has 0 spiro atoms. The van der Waals surface area contributed by atoms with Gasteiger partial charge < -0.3 is 14.6 Å². The van der Waals surface area contributed by atoms with Gasteiger partial charge in [0.25, 0.3) is 5.91 Å². The molecule has 1 unspecified atom stereocenters. The molecule has 3 aromatic rings. The first-order chi connectivity index (χ1) is 15.5. The van der Waals surface area contributed by atoms with E-state index in [-0.39, 0.29) is 30.2 Å². The lowest BCUT2D eigenvalue weighted by molar-refractivity contribution is -0.121. The van der Waals surface area contributed by atoms with Gasteiger partial charge in [-0.3, -0.25) is 14.5 Å². The van der Waals surface area contributed by atoms with E-state index in [9.17, 15) is 9.59 Å². The average Bonchev–Trinajstić information content (AvgIpc) is 3.18. The highest BCUT2D eigenvalue weighted by molar-refractivity contribution is 7.99. The second-order valence-electron chi connectivity index (χ2n) is 7.12. The minimum absolute atomic E-state index is 0.0314. The number of thioether (sulfide) groups is 1. The number of rotatable bonds is 6. The van der Waals surface area contributed by atoms with E-state index in [1.54, 1.807) is 33.7 Å². The van der Waals surface area contributed by atoms with Crippen LogP contribution in [0.25, 0.3) is 0 Å². The largest absolute Gasteiger partial charge is 0.482 e. The second kappa shape index (κ2) is 9.11. The van der Waals surface area contributed by atoms with Crippen molar-refractivity contribution in [3.05, 3.63) is 59.9 Å².